The monoisotopic (exact) mass is 248 g/mol. The van der Waals surface area contributed by atoms with Crippen molar-refractivity contribution in [3.8, 4) is 0 Å². The lowest BCUT2D eigenvalue weighted by Crippen LogP contribution is -2.39. The van der Waals surface area contributed by atoms with Crippen molar-refractivity contribution in [3.05, 3.63) is 35.9 Å². The molecule has 4 heteroatoms. The topological polar surface area (TPSA) is 50.4 Å². The molecule has 1 heterocycles. The van der Waals surface area contributed by atoms with Gasteiger partial charge in [-0.1, -0.05) is 30.3 Å². The Kier molecular flexibility index (Phi) is 4.59. The maximum Gasteiger partial charge on any atom is 0.407 e. The van der Waals surface area contributed by atoms with Gasteiger partial charge in [-0.2, -0.15) is 0 Å². The number of hydrogen-bond donors (Lipinski definition) is 2. The van der Waals surface area contributed by atoms with Gasteiger partial charge in [0.2, 0.25) is 0 Å². The fourth-order valence-corrected chi connectivity index (χ4v) is 2.11. The second-order valence-electron chi connectivity index (χ2n) is 4.65. The summed E-state index contributed by atoms with van der Waals surface area (Å²) in [5.41, 5.74) is 1.08. The van der Waals surface area contributed by atoms with E-state index in [2.05, 4.69) is 10.6 Å². The largest absolute Gasteiger partial charge is 0.445 e. The van der Waals surface area contributed by atoms with Crippen molar-refractivity contribution in [2.75, 3.05) is 13.1 Å². The van der Waals surface area contributed by atoms with Crippen LogP contribution >= 0.6 is 0 Å². The van der Waals surface area contributed by atoms with Crippen LogP contribution in [0.4, 0.5) is 4.79 Å². The van der Waals surface area contributed by atoms with Crippen molar-refractivity contribution in [2.24, 2.45) is 0 Å². The predicted octanol–water partition coefficient (Wildman–Crippen LogP) is 2.23. The zero-order valence-electron chi connectivity index (χ0n) is 10.7. The summed E-state index contributed by atoms with van der Waals surface area (Å²) in [4.78, 5) is 11.7. The highest BCUT2D eigenvalue weighted by Gasteiger charge is 2.18. The molecule has 1 aliphatic heterocycles. The molecule has 1 aromatic rings. The van der Waals surface area contributed by atoms with Gasteiger partial charge in [0.15, 0.2) is 0 Å². The number of benzene rings is 1. The minimum atomic E-state index is -0.333. The second-order valence-corrected chi connectivity index (χ2v) is 4.65. The van der Waals surface area contributed by atoms with Crippen molar-refractivity contribution in [2.45, 2.75) is 31.9 Å². The standard InChI is InChI=1S/C14H20N2O2/c1-11(12-6-3-2-4-7-12)16-14(17)18-13-8-5-9-15-10-13/h2-4,6-7,11,13,15H,5,8-10H2,1H3,(H,16,17). The van der Waals surface area contributed by atoms with Gasteiger partial charge in [0.1, 0.15) is 6.10 Å². The Labute approximate surface area is 108 Å². The molecule has 1 saturated heterocycles. The van der Waals surface area contributed by atoms with Crippen molar-refractivity contribution in [3.63, 3.8) is 0 Å². The van der Waals surface area contributed by atoms with Crippen LogP contribution in [0.3, 0.4) is 0 Å². The average Bonchev–Trinajstić information content (AvgIpc) is 2.40. The third kappa shape index (κ3) is 3.74. The van der Waals surface area contributed by atoms with E-state index in [9.17, 15) is 4.79 Å². The normalized spacial score (nSPS) is 21.1. The molecule has 2 unspecified atom stereocenters. The van der Waals surface area contributed by atoms with E-state index in [0.29, 0.717) is 0 Å². The van der Waals surface area contributed by atoms with E-state index in [1.807, 2.05) is 37.3 Å². The third-order valence-electron chi connectivity index (χ3n) is 3.16. The number of ether oxygens (including phenoxy) is 1. The van der Waals surface area contributed by atoms with E-state index in [4.69, 9.17) is 4.74 Å². The first-order valence-electron chi connectivity index (χ1n) is 6.48. The molecule has 2 atom stereocenters. The average molecular weight is 248 g/mol. The van der Waals surface area contributed by atoms with Crippen LogP contribution in [0.1, 0.15) is 31.4 Å². The molecule has 0 spiro atoms. The number of piperidine rings is 1. The highest BCUT2D eigenvalue weighted by molar-refractivity contribution is 5.68. The molecule has 0 radical (unpaired) electrons. The second kappa shape index (κ2) is 6.40. The maximum atomic E-state index is 11.7. The van der Waals surface area contributed by atoms with E-state index in [1.54, 1.807) is 0 Å². The summed E-state index contributed by atoms with van der Waals surface area (Å²) in [5.74, 6) is 0. The van der Waals surface area contributed by atoms with Crippen molar-refractivity contribution in [1.82, 2.24) is 10.6 Å². The van der Waals surface area contributed by atoms with Gasteiger partial charge >= 0.3 is 6.09 Å². The number of carbonyl (C=O) groups excluding carboxylic acids is 1. The molecule has 1 amide bonds. The Bertz CT molecular complexity index is 375. The van der Waals surface area contributed by atoms with E-state index in [0.717, 1.165) is 31.5 Å². The lowest BCUT2D eigenvalue weighted by molar-refractivity contribution is 0.0804. The number of alkyl carbamates (subject to hydrolysis) is 1. The fraction of sp³-hybridized carbons (Fsp3) is 0.500. The molecule has 1 aliphatic rings. The predicted molar refractivity (Wildman–Crippen MR) is 70.4 cm³/mol. The molecule has 0 saturated carbocycles. The maximum absolute atomic E-state index is 11.7. The minimum Gasteiger partial charge on any atom is -0.445 e. The van der Waals surface area contributed by atoms with Gasteiger partial charge < -0.3 is 15.4 Å². The van der Waals surface area contributed by atoms with E-state index in [-0.39, 0.29) is 18.2 Å². The third-order valence-corrected chi connectivity index (χ3v) is 3.16. The summed E-state index contributed by atoms with van der Waals surface area (Å²) in [7, 11) is 0. The molecule has 18 heavy (non-hydrogen) atoms. The van der Waals surface area contributed by atoms with Crippen LogP contribution in [0.2, 0.25) is 0 Å². The van der Waals surface area contributed by atoms with E-state index < -0.39 is 0 Å². The number of nitrogens with one attached hydrogen (secondary N) is 2. The molecule has 2 rings (SSSR count). The highest BCUT2D eigenvalue weighted by atomic mass is 16.6. The van der Waals surface area contributed by atoms with Gasteiger partial charge in [-0.15, -0.1) is 0 Å². The van der Waals surface area contributed by atoms with Crippen LogP contribution in [0.15, 0.2) is 30.3 Å². The van der Waals surface area contributed by atoms with Crippen LogP contribution in [-0.2, 0) is 4.74 Å². The van der Waals surface area contributed by atoms with Gasteiger partial charge in [-0.3, -0.25) is 0 Å². The SMILES string of the molecule is CC(NC(=O)OC1CCCNC1)c1ccccc1. The van der Waals surface area contributed by atoms with Gasteiger partial charge in [0, 0.05) is 6.54 Å². The molecular weight excluding hydrogens is 228 g/mol. The van der Waals surface area contributed by atoms with E-state index >= 15 is 0 Å². The van der Waals surface area contributed by atoms with Crippen LogP contribution in [0.25, 0.3) is 0 Å². The van der Waals surface area contributed by atoms with E-state index in [1.165, 1.54) is 0 Å². The Hall–Kier alpha value is -1.55. The molecule has 2 N–H and O–H groups in total. The summed E-state index contributed by atoms with van der Waals surface area (Å²) in [6, 6.07) is 9.84. The Morgan fingerprint density at radius 2 is 2.22 bits per heavy atom. The number of hydrogen-bond acceptors (Lipinski definition) is 3. The number of amides is 1. The van der Waals surface area contributed by atoms with Crippen LogP contribution < -0.4 is 10.6 Å². The fourth-order valence-electron chi connectivity index (χ4n) is 2.11. The van der Waals surface area contributed by atoms with Crippen LogP contribution in [0.5, 0.6) is 0 Å². The first kappa shape index (κ1) is 12.9. The number of carbonyl (C=O) groups is 1. The Morgan fingerprint density at radius 3 is 2.89 bits per heavy atom. The molecule has 1 aromatic carbocycles. The quantitative estimate of drug-likeness (QED) is 0.862. The Morgan fingerprint density at radius 1 is 1.44 bits per heavy atom. The van der Waals surface area contributed by atoms with Crippen molar-refractivity contribution >= 4 is 6.09 Å². The molecule has 1 fully saturated rings. The smallest absolute Gasteiger partial charge is 0.407 e. The molecular formula is C14H20N2O2. The van der Waals surface area contributed by atoms with Gasteiger partial charge in [0.05, 0.1) is 6.04 Å². The summed E-state index contributed by atoms with van der Waals surface area (Å²) in [6.07, 6.45) is 1.67. The molecule has 0 bridgehead atoms. The minimum absolute atomic E-state index is 0.00160. The van der Waals surface area contributed by atoms with Crippen molar-refractivity contribution < 1.29 is 9.53 Å². The molecule has 0 aromatic heterocycles. The summed E-state index contributed by atoms with van der Waals surface area (Å²) in [6.45, 7) is 3.73. The van der Waals surface area contributed by atoms with Gasteiger partial charge in [-0.05, 0) is 31.9 Å². The van der Waals surface area contributed by atoms with Gasteiger partial charge in [0.25, 0.3) is 0 Å². The zero-order valence-corrected chi connectivity index (χ0v) is 10.7. The number of rotatable bonds is 3. The molecule has 0 aliphatic carbocycles. The lowest BCUT2D eigenvalue weighted by Gasteiger charge is -2.24. The highest BCUT2D eigenvalue weighted by Crippen LogP contribution is 2.12. The summed E-state index contributed by atoms with van der Waals surface area (Å²) < 4.78 is 5.37. The van der Waals surface area contributed by atoms with Crippen LogP contribution in [0, 0.1) is 0 Å². The first-order chi connectivity index (χ1) is 8.75. The molecule has 98 valence electrons. The summed E-state index contributed by atoms with van der Waals surface area (Å²) >= 11 is 0. The Balaban J connectivity index is 1.80. The molecule has 4 nitrogen and oxygen atoms in total. The zero-order chi connectivity index (χ0) is 12.8. The van der Waals surface area contributed by atoms with Gasteiger partial charge in [-0.25, -0.2) is 4.79 Å². The summed E-state index contributed by atoms with van der Waals surface area (Å²) in [5, 5.41) is 6.07. The van der Waals surface area contributed by atoms with Crippen molar-refractivity contribution in [1.29, 1.82) is 0 Å². The van der Waals surface area contributed by atoms with Crippen LogP contribution in [-0.4, -0.2) is 25.3 Å². The first-order valence-corrected chi connectivity index (χ1v) is 6.48. The lowest BCUT2D eigenvalue weighted by atomic mass is 10.1.